The lowest BCUT2D eigenvalue weighted by Gasteiger charge is -2.15. The van der Waals surface area contributed by atoms with Crippen LogP contribution in [0.2, 0.25) is 0 Å². The highest BCUT2D eigenvalue weighted by atomic mass is 32.2. The molecule has 1 unspecified atom stereocenters. The largest absolute Gasteiger partial charge is 0.479 e. The number of hydrogen-bond donors (Lipinski definition) is 2. The second-order valence-electron chi connectivity index (χ2n) is 5.61. The van der Waals surface area contributed by atoms with Crippen LogP contribution in [0.15, 0.2) is 35.5 Å². The minimum Gasteiger partial charge on any atom is -0.479 e. The first kappa shape index (κ1) is 18.9. The van der Waals surface area contributed by atoms with Crippen LogP contribution in [0.3, 0.4) is 0 Å². The van der Waals surface area contributed by atoms with Crippen molar-refractivity contribution in [1.82, 2.24) is 15.3 Å². The Bertz CT molecular complexity index is 742. The van der Waals surface area contributed by atoms with Crippen molar-refractivity contribution in [3.05, 3.63) is 52.8 Å². The lowest BCUT2D eigenvalue weighted by Crippen LogP contribution is -2.33. The van der Waals surface area contributed by atoms with Crippen LogP contribution in [0, 0.1) is 13.8 Å². The van der Waals surface area contributed by atoms with Gasteiger partial charge in [-0.2, -0.15) is 0 Å². The molecule has 0 aliphatic carbocycles. The van der Waals surface area contributed by atoms with Gasteiger partial charge in [0.05, 0.1) is 0 Å². The van der Waals surface area contributed by atoms with E-state index in [2.05, 4.69) is 15.3 Å². The van der Waals surface area contributed by atoms with Gasteiger partial charge in [-0.1, -0.05) is 42.1 Å². The molecule has 1 amide bonds. The highest BCUT2D eigenvalue weighted by Crippen LogP contribution is 2.18. The summed E-state index contributed by atoms with van der Waals surface area (Å²) in [7, 11) is 0. The van der Waals surface area contributed by atoms with Crippen LogP contribution < -0.4 is 5.32 Å². The number of nitrogens with one attached hydrogen (secondary N) is 1. The first-order valence-electron chi connectivity index (χ1n) is 7.87. The van der Waals surface area contributed by atoms with Gasteiger partial charge in [-0.3, -0.25) is 4.79 Å². The van der Waals surface area contributed by atoms with Gasteiger partial charge in [0.15, 0.2) is 11.2 Å². The molecule has 1 heterocycles. The smallest absolute Gasteiger partial charge is 0.330 e. The SMILES string of the molecule is CSc1nc(C)c(CCC(=O)NC(C(=O)O)c2ccccc2)c(C)n1. The summed E-state index contributed by atoms with van der Waals surface area (Å²) in [4.78, 5) is 32.5. The van der Waals surface area contributed by atoms with Crippen molar-refractivity contribution in [2.24, 2.45) is 0 Å². The number of benzene rings is 1. The molecule has 7 heteroatoms. The Morgan fingerprint density at radius 3 is 2.28 bits per heavy atom. The van der Waals surface area contributed by atoms with Crippen molar-refractivity contribution in [3.63, 3.8) is 0 Å². The molecule has 2 rings (SSSR count). The molecule has 1 aromatic carbocycles. The molecule has 0 spiro atoms. The second kappa shape index (κ2) is 8.62. The normalized spacial score (nSPS) is 11.8. The first-order valence-corrected chi connectivity index (χ1v) is 9.10. The number of carbonyl (C=O) groups excluding carboxylic acids is 1. The average molecular weight is 359 g/mol. The van der Waals surface area contributed by atoms with E-state index in [-0.39, 0.29) is 12.3 Å². The molecule has 1 aromatic heterocycles. The Balaban J connectivity index is 2.04. The molecule has 0 radical (unpaired) electrons. The number of aromatic nitrogens is 2. The van der Waals surface area contributed by atoms with Crippen molar-refractivity contribution >= 4 is 23.6 Å². The molecular weight excluding hydrogens is 338 g/mol. The first-order chi connectivity index (χ1) is 11.9. The molecule has 6 nitrogen and oxygen atoms in total. The fourth-order valence-electron chi connectivity index (χ4n) is 2.57. The molecule has 0 fully saturated rings. The van der Waals surface area contributed by atoms with Crippen molar-refractivity contribution in [2.45, 2.75) is 37.9 Å². The van der Waals surface area contributed by atoms with Gasteiger partial charge in [-0.15, -0.1) is 0 Å². The average Bonchev–Trinajstić information content (AvgIpc) is 2.59. The van der Waals surface area contributed by atoms with Crippen LogP contribution >= 0.6 is 11.8 Å². The van der Waals surface area contributed by atoms with Crippen molar-refractivity contribution in [2.75, 3.05) is 6.26 Å². The Labute approximate surface area is 151 Å². The summed E-state index contributed by atoms with van der Waals surface area (Å²) in [5.74, 6) is -1.40. The van der Waals surface area contributed by atoms with Crippen LogP contribution in [0.4, 0.5) is 0 Å². The Kier molecular flexibility index (Phi) is 6.52. The fraction of sp³-hybridized carbons (Fsp3) is 0.333. The third-order valence-corrected chi connectivity index (χ3v) is 4.42. The number of nitrogens with zero attached hydrogens (tertiary/aromatic N) is 2. The lowest BCUT2D eigenvalue weighted by atomic mass is 10.0. The van der Waals surface area contributed by atoms with Gasteiger partial charge in [-0.05, 0) is 37.7 Å². The fourth-order valence-corrected chi connectivity index (χ4v) is 3.02. The number of aryl methyl sites for hydroxylation is 2. The lowest BCUT2D eigenvalue weighted by molar-refractivity contribution is -0.142. The van der Waals surface area contributed by atoms with Crippen molar-refractivity contribution in [3.8, 4) is 0 Å². The van der Waals surface area contributed by atoms with E-state index in [1.165, 1.54) is 11.8 Å². The minimum absolute atomic E-state index is 0.181. The van der Waals surface area contributed by atoms with E-state index in [9.17, 15) is 14.7 Å². The van der Waals surface area contributed by atoms with E-state index in [1.54, 1.807) is 30.3 Å². The summed E-state index contributed by atoms with van der Waals surface area (Å²) < 4.78 is 0. The molecule has 1 atom stereocenters. The van der Waals surface area contributed by atoms with E-state index in [0.717, 1.165) is 17.0 Å². The number of rotatable bonds is 7. The molecule has 0 aliphatic rings. The van der Waals surface area contributed by atoms with Crippen LogP contribution in [0.5, 0.6) is 0 Å². The number of carboxylic acids is 1. The third kappa shape index (κ3) is 5.03. The van der Waals surface area contributed by atoms with E-state index in [0.29, 0.717) is 17.1 Å². The van der Waals surface area contributed by atoms with Crippen LogP contribution in [0.25, 0.3) is 0 Å². The number of hydrogen-bond acceptors (Lipinski definition) is 5. The van der Waals surface area contributed by atoms with Gasteiger partial charge in [0, 0.05) is 17.8 Å². The van der Waals surface area contributed by atoms with E-state index < -0.39 is 12.0 Å². The Morgan fingerprint density at radius 2 is 1.76 bits per heavy atom. The topological polar surface area (TPSA) is 92.2 Å². The summed E-state index contributed by atoms with van der Waals surface area (Å²) in [5.41, 5.74) is 3.17. The molecule has 2 aromatic rings. The maximum atomic E-state index is 12.2. The molecule has 0 bridgehead atoms. The van der Waals surface area contributed by atoms with Crippen LogP contribution in [-0.4, -0.2) is 33.2 Å². The molecule has 0 aliphatic heterocycles. The number of carbonyl (C=O) groups is 2. The van der Waals surface area contributed by atoms with Crippen LogP contribution in [-0.2, 0) is 16.0 Å². The number of amides is 1. The van der Waals surface area contributed by atoms with Crippen LogP contribution in [0.1, 0.15) is 35.0 Å². The summed E-state index contributed by atoms with van der Waals surface area (Å²) in [5, 5.41) is 12.7. The summed E-state index contributed by atoms with van der Waals surface area (Å²) in [6.07, 6.45) is 2.57. The maximum Gasteiger partial charge on any atom is 0.330 e. The van der Waals surface area contributed by atoms with E-state index in [1.807, 2.05) is 20.1 Å². The van der Waals surface area contributed by atoms with Gasteiger partial charge in [0.2, 0.25) is 5.91 Å². The molecule has 0 saturated carbocycles. The monoisotopic (exact) mass is 359 g/mol. The van der Waals surface area contributed by atoms with E-state index in [4.69, 9.17) is 0 Å². The number of thioether (sulfide) groups is 1. The molecule has 25 heavy (non-hydrogen) atoms. The second-order valence-corrected chi connectivity index (χ2v) is 6.38. The van der Waals surface area contributed by atoms with Crippen molar-refractivity contribution < 1.29 is 14.7 Å². The quantitative estimate of drug-likeness (QED) is 0.583. The van der Waals surface area contributed by atoms with Gasteiger partial charge in [0.25, 0.3) is 0 Å². The van der Waals surface area contributed by atoms with Gasteiger partial charge in [-0.25, -0.2) is 14.8 Å². The standard InChI is InChI=1S/C18H21N3O3S/c1-11-14(12(2)20-18(19-11)25-3)9-10-15(22)21-16(17(23)24)13-7-5-4-6-8-13/h4-8,16H,9-10H2,1-3H3,(H,21,22)(H,23,24). The number of carboxylic acid groups (broad SMARTS) is 1. The number of aliphatic carboxylic acids is 1. The van der Waals surface area contributed by atoms with Gasteiger partial charge in [0.1, 0.15) is 0 Å². The molecular formula is C18H21N3O3S. The van der Waals surface area contributed by atoms with Crippen molar-refractivity contribution in [1.29, 1.82) is 0 Å². The molecule has 0 saturated heterocycles. The molecule has 2 N–H and O–H groups in total. The minimum atomic E-state index is -1.08. The zero-order chi connectivity index (χ0) is 18.4. The zero-order valence-corrected chi connectivity index (χ0v) is 15.3. The highest BCUT2D eigenvalue weighted by molar-refractivity contribution is 7.98. The van der Waals surface area contributed by atoms with Gasteiger partial charge >= 0.3 is 5.97 Å². The summed E-state index contributed by atoms with van der Waals surface area (Å²) in [6.45, 7) is 3.79. The Hall–Kier alpha value is -2.41. The zero-order valence-electron chi connectivity index (χ0n) is 14.4. The highest BCUT2D eigenvalue weighted by Gasteiger charge is 2.22. The predicted octanol–water partition coefficient (Wildman–Crippen LogP) is 2.69. The summed E-state index contributed by atoms with van der Waals surface area (Å²) >= 11 is 1.47. The van der Waals surface area contributed by atoms with Gasteiger partial charge < -0.3 is 10.4 Å². The third-order valence-electron chi connectivity index (χ3n) is 3.87. The van der Waals surface area contributed by atoms with E-state index >= 15 is 0 Å². The Morgan fingerprint density at radius 1 is 1.16 bits per heavy atom. The predicted molar refractivity (Wildman–Crippen MR) is 96.6 cm³/mol. The maximum absolute atomic E-state index is 12.2. The summed E-state index contributed by atoms with van der Waals surface area (Å²) in [6, 6.07) is 7.61. The molecule has 132 valence electrons.